The summed E-state index contributed by atoms with van der Waals surface area (Å²) in [6, 6.07) is 6.65. The van der Waals surface area contributed by atoms with Gasteiger partial charge in [-0.3, -0.25) is 9.59 Å². The molecule has 0 aliphatic rings. The molecule has 0 bridgehead atoms. The third kappa shape index (κ3) is 3.16. The van der Waals surface area contributed by atoms with Crippen molar-refractivity contribution in [2.75, 3.05) is 6.54 Å². The Morgan fingerprint density at radius 2 is 2.05 bits per heavy atom. The first-order valence-electron chi connectivity index (χ1n) is 5.92. The molecule has 8 heteroatoms. The summed E-state index contributed by atoms with van der Waals surface area (Å²) in [5.74, 6) is -1.89. The standard InChI is InChI=1S/C12H13N5O3/c1-8(12(19)20)6-13-11(18)9-2-4-10(5-3-9)17-7-14-15-16-17/h2-5,7-8H,6H2,1H3,(H,13,18)(H,19,20). The second-order valence-corrected chi connectivity index (χ2v) is 4.25. The number of benzene rings is 1. The minimum absolute atomic E-state index is 0.0862. The lowest BCUT2D eigenvalue weighted by Gasteiger charge is -2.08. The molecule has 1 atom stereocenters. The van der Waals surface area contributed by atoms with Gasteiger partial charge in [0.25, 0.3) is 5.91 Å². The fraction of sp³-hybridized carbons (Fsp3) is 0.250. The Kier molecular flexibility index (Phi) is 4.04. The van der Waals surface area contributed by atoms with Crippen molar-refractivity contribution in [3.05, 3.63) is 36.2 Å². The van der Waals surface area contributed by atoms with Gasteiger partial charge in [-0.25, -0.2) is 4.68 Å². The number of hydrogen-bond acceptors (Lipinski definition) is 5. The zero-order chi connectivity index (χ0) is 14.5. The van der Waals surface area contributed by atoms with Gasteiger partial charge >= 0.3 is 5.97 Å². The van der Waals surface area contributed by atoms with E-state index < -0.39 is 11.9 Å². The predicted octanol–water partition coefficient (Wildman–Crippen LogP) is 0.113. The lowest BCUT2D eigenvalue weighted by molar-refractivity contribution is -0.140. The van der Waals surface area contributed by atoms with Gasteiger partial charge in [0.1, 0.15) is 6.33 Å². The van der Waals surface area contributed by atoms with Crippen LogP contribution in [-0.4, -0.2) is 43.7 Å². The van der Waals surface area contributed by atoms with Crippen LogP contribution < -0.4 is 5.32 Å². The number of hydrogen-bond donors (Lipinski definition) is 2. The molecule has 104 valence electrons. The summed E-state index contributed by atoms with van der Waals surface area (Å²) in [5.41, 5.74) is 1.17. The SMILES string of the molecule is CC(CNC(=O)c1ccc(-n2cnnn2)cc1)C(=O)O. The highest BCUT2D eigenvalue weighted by Crippen LogP contribution is 2.07. The molecule has 20 heavy (non-hydrogen) atoms. The van der Waals surface area contributed by atoms with Crippen LogP contribution >= 0.6 is 0 Å². The van der Waals surface area contributed by atoms with Crippen LogP contribution in [0.1, 0.15) is 17.3 Å². The molecule has 0 spiro atoms. The van der Waals surface area contributed by atoms with E-state index in [2.05, 4.69) is 20.8 Å². The van der Waals surface area contributed by atoms with Crippen LogP contribution in [0.2, 0.25) is 0 Å². The van der Waals surface area contributed by atoms with Gasteiger partial charge in [-0.15, -0.1) is 5.10 Å². The van der Waals surface area contributed by atoms with Gasteiger partial charge in [0, 0.05) is 12.1 Å². The van der Waals surface area contributed by atoms with E-state index in [1.165, 1.54) is 17.9 Å². The Balaban J connectivity index is 1.99. The molecule has 1 aromatic heterocycles. The van der Waals surface area contributed by atoms with Crippen molar-refractivity contribution in [2.24, 2.45) is 5.92 Å². The topological polar surface area (TPSA) is 110 Å². The Bertz CT molecular complexity index is 594. The summed E-state index contributed by atoms with van der Waals surface area (Å²) in [4.78, 5) is 22.5. The third-order valence-electron chi connectivity index (χ3n) is 2.73. The van der Waals surface area contributed by atoms with Crippen molar-refractivity contribution < 1.29 is 14.7 Å². The molecule has 0 saturated heterocycles. The number of carboxylic acids is 1. The van der Waals surface area contributed by atoms with Gasteiger partial charge in [0.05, 0.1) is 11.6 Å². The van der Waals surface area contributed by atoms with Crippen molar-refractivity contribution >= 4 is 11.9 Å². The number of amides is 1. The highest BCUT2D eigenvalue weighted by atomic mass is 16.4. The average Bonchev–Trinajstić information content (AvgIpc) is 2.98. The summed E-state index contributed by atoms with van der Waals surface area (Å²) in [6.45, 7) is 1.62. The van der Waals surface area contributed by atoms with E-state index in [1.54, 1.807) is 24.3 Å². The maximum atomic E-state index is 11.8. The molecule has 1 heterocycles. The van der Waals surface area contributed by atoms with E-state index in [9.17, 15) is 9.59 Å². The van der Waals surface area contributed by atoms with E-state index in [-0.39, 0.29) is 12.5 Å². The van der Waals surface area contributed by atoms with E-state index in [4.69, 9.17) is 5.11 Å². The molecule has 0 saturated carbocycles. The monoisotopic (exact) mass is 275 g/mol. The Hall–Kier alpha value is -2.77. The lowest BCUT2D eigenvalue weighted by Crippen LogP contribution is -2.31. The molecule has 0 fully saturated rings. The Morgan fingerprint density at radius 1 is 1.35 bits per heavy atom. The van der Waals surface area contributed by atoms with Crippen molar-refractivity contribution in [1.82, 2.24) is 25.5 Å². The number of carbonyl (C=O) groups is 2. The van der Waals surface area contributed by atoms with Crippen LogP contribution in [0.5, 0.6) is 0 Å². The quantitative estimate of drug-likeness (QED) is 0.801. The van der Waals surface area contributed by atoms with Gasteiger partial charge in [0.2, 0.25) is 0 Å². The number of rotatable bonds is 5. The number of nitrogens with one attached hydrogen (secondary N) is 1. The highest BCUT2D eigenvalue weighted by molar-refractivity contribution is 5.94. The lowest BCUT2D eigenvalue weighted by atomic mass is 10.1. The minimum Gasteiger partial charge on any atom is -0.481 e. The van der Waals surface area contributed by atoms with Gasteiger partial charge < -0.3 is 10.4 Å². The van der Waals surface area contributed by atoms with Gasteiger partial charge in [0.15, 0.2) is 0 Å². The first-order chi connectivity index (χ1) is 9.58. The smallest absolute Gasteiger partial charge is 0.308 e. The number of carboxylic acid groups (broad SMARTS) is 1. The number of aromatic nitrogens is 4. The molecule has 1 unspecified atom stereocenters. The van der Waals surface area contributed by atoms with Crippen LogP contribution in [0, 0.1) is 5.92 Å². The second-order valence-electron chi connectivity index (χ2n) is 4.25. The largest absolute Gasteiger partial charge is 0.481 e. The first kappa shape index (κ1) is 13.7. The zero-order valence-electron chi connectivity index (χ0n) is 10.7. The summed E-state index contributed by atoms with van der Waals surface area (Å²) < 4.78 is 1.47. The maximum absolute atomic E-state index is 11.8. The molecule has 0 radical (unpaired) electrons. The molecule has 0 aliphatic heterocycles. The summed E-state index contributed by atoms with van der Waals surface area (Å²) in [7, 11) is 0. The predicted molar refractivity (Wildman–Crippen MR) is 68.3 cm³/mol. The molecular formula is C12H13N5O3. The number of tetrazole rings is 1. The summed E-state index contributed by atoms with van der Waals surface area (Å²) >= 11 is 0. The maximum Gasteiger partial charge on any atom is 0.308 e. The van der Waals surface area contributed by atoms with E-state index in [1.807, 2.05) is 0 Å². The Labute approximate surface area is 114 Å². The van der Waals surface area contributed by atoms with Gasteiger partial charge in [-0.1, -0.05) is 6.92 Å². The first-order valence-corrected chi connectivity index (χ1v) is 5.92. The molecular weight excluding hydrogens is 262 g/mol. The van der Waals surface area contributed by atoms with Crippen molar-refractivity contribution in [2.45, 2.75) is 6.92 Å². The van der Waals surface area contributed by atoms with Crippen LogP contribution in [-0.2, 0) is 4.79 Å². The molecule has 8 nitrogen and oxygen atoms in total. The highest BCUT2D eigenvalue weighted by Gasteiger charge is 2.13. The molecule has 1 aromatic carbocycles. The fourth-order valence-corrected chi connectivity index (χ4v) is 1.48. The minimum atomic E-state index is -0.945. The molecule has 1 amide bonds. The fourth-order valence-electron chi connectivity index (χ4n) is 1.48. The van der Waals surface area contributed by atoms with Crippen LogP contribution in [0.3, 0.4) is 0 Å². The van der Waals surface area contributed by atoms with Crippen molar-refractivity contribution in [1.29, 1.82) is 0 Å². The molecule has 2 rings (SSSR count). The van der Waals surface area contributed by atoms with Crippen LogP contribution in [0.4, 0.5) is 0 Å². The number of nitrogens with zero attached hydrogens (tertiary/aromatic N) is 4. The number of carbonyl (C=O) groups excluding carboxylic acids is 1. The normalized spacial score (nSPS) is 11.8. The van der Waals surface area contributed by atoms with Crippen LogP contribution in [0.15, 0.2) is 30.6 Å². The molecule has 0 aliphatic carbocycles. The zero-order valence-corrected chi connectivity index (χ0v) is 10.7. The molecule has 2 N–H and O–H groups in total. The van der Waals surface area contributed by atoms with E-state index in [0.717, 1.165) is 5.69 Å². The number of aliphatic carboxylic acids is 1. The van der Waals surface area contributed by atoms with E-state index >= 15 is 0 Å². The molecule has 2 aromatic rings. The summed E-state index contributed by atoms with van der Waals surface area (Å²) in [6.07, 6.45) is 1.45. The second kappa shape index (κ2) is 5.91. The van der Waals surface area contributed by atoms with Crippen molar-refractivity contribution in [3.63, 3.8) is 0 Å². The average molecular weight is 275 g/mol. The van der Waals surface area contributed by atoms with E-state index in [0.29, 0.717) is 5.56 Å². The Morgan fingerprint density at radius 3 is 2.60 bits per heavy atom. The van der Waals surface area contributed by atoms with Gasteiger partial charge in [-0.2, -0.15) is 0 Å². The third-order valence-corrected chi connectivity index (χ3v) is 2.73. The van der Waals surface area contributed by atoms with Crippen molar-refractivity contribution in [3.8, 4) is 5.69 Å². The van der Waals surface area contributed by atoms with Crippen LogP contribution in [0.25, 0.3) is 5.69 Å². The van der Waals surface area contributed by atoms with Gasteiger partial charge in [-0.05, 0) is 34.7 Å². The summed E-state index contributed by atoms with van der Waals surface area (Å²) in [5, 5.41) is 22.1.